The van der Waals surface area contributed by atoms with Crippen LogP contribution in [0.25, 0.3) is 0 Å². The average molecular weight is 91.8 g/mol. The molecule has 0 heterocycles. The summed E-state index contributed by atoms with van der Waals surface area (Å²) < 4.78 is 0. The van der Waals surface area contributed by atoms with Crippen LogP contribution in [0.5, 0.6) is 0 Å². The van der Waals surface area contributed by atoms with Crippen molar-refractivity contribution in [3.05, 3.63) is 0 Å². The van der Waals surface area contributed by atoms with E-state index < -0.39 is 7.72 Å². The van der Waals surface area contributed by atoms with E-state index >= 15 is 0 Å². The van der Waals surface area contributed by atoms with E-state index in [1.54, 1.807) is 0 Å². The highest BCUT2D eigenvalue weighted by atomic mass is 32.0. The summed E-state index contributed by atoms with van der Waals surface area (Å²) in [6.07, 6.45) is 0. The molecule has 2 unspecified atom stereocenters. The summed E-state index contributed by atoms with van der Waals surface area (Å²) in [4.78, 5) is 7.86. The third kappa shape index (κ3) is 13.1. The first-order valence-electron chi connectivity index (χ1n) is 0.716. The maximum absolute atomic E-state index is 7.86. The standard InChI is InChI=1S/BH3OP2/c1-4(2)3/h2H,3H2. The van der Waals surface area contributed by atoms with Crippen LogP contribution in [0.1, 0.15) is 0 Å². The first kappa shape index (κ1) is 4.88. The zero-order chi connectivity index (χ0) is 3.58. The SMILES string of the molecule is [B]P(O)P. The summed E-state index contributed by atoms with van der Waals surface area (Å²) in [6.45, 7) is 0. The molecule has 22 valence electrons. The van der Waals surface area contributed by atoms with Crippen LogP contribution >= 0.6 is 16.6 Å². The molecule has 0 aromatic rings. The van der Waals surface area contributed by atoms with Gasteiger partial charge < -0.3 is 4.89 Å². The molecular formula is H3BOP2. The van der Waals surface area contributed by atoms with Gasteiger partial charge in [0.25, 0.3) is 0 Å². The van der Waals surface area contributed by atoms with Gasteiger partial charge in [0.2, 0.25) is 0 Å². The van der Waals surface area contributed by atoms with Gasteiger partial charge in [-0.2, -0.15) is 0 Å². The lowest BCUT2D eigenvalue weighted by Crippen LogP contribution is -1.42. The zero-order valence-electron chi connectivity index (χ0n) is 2.05. The fourth-order valence-corrected chi connectivity index (χ4v) is 0. The van der Waals surface area contributed by atoms with E-state index in [2.05, 4.69) is 8.93 Å². The zero-order valence-corrected chi connectivity index (χ0v) is 4.10. The highest BCUT2D eigenvalue weighted by Crippen LogP contribution is 2.31. The summed E-state index contributed by atoms with van der Waals surface area (Å²) in [5.74, 6) is 0. The van der Waals surface area contributed by atoms with E-state index in [1.807, 2.05) is 0 Å². The first-order valence-corrected chi connectivity index (χ1v) is 3.70. The summed E-state index contributed by atoms with van der Waals surface area (Å²) in [5.41, 5.74) is 0. The Labute approximate surface area is 30.1 Å². The Hall–Kier alpha value is 0.885. The fourth-order valence-electron chi connectivity index (χ4n) is 0. The van der Waals surface area contributed by atoms with Gasteiger partial charge >= 0.3 is 0 Å². The van der Waals surface area contributed by atoms with E-state index in [0.29, 0.717) is 0 Å². The van der Waals surface area contributed by atoms with Crippen LogP contribution in [-0.4, -0.2) is 12.5 Å². The Bertz CT molecular complexity index is 10.8. The molecular weight excluding hydrogens is 88.8 g/mol. The average Bonchev–Trinajstić information content (AvgIpc) is 0.811. The molecule has 0 aliphatic heterocycles. The second-order valence-electron chi connectivity index (χ2n) is 0.380. The maximum Gasteiger partial charge on any atom is 0.153 e. The number of rotatable bonds is 0. The highest BCUT2D eigenvalue weighted by molar-refractivity contribution is 8.23. The minimum absolute atomic E-state index is 1.20. The molecule has 0 saturated heterocycles. The van der Waals surface area contributed by atoms with Crippen LogP contribution in [0.4, 0.5) is 0 Å². The monoisotopic (exact) mass is 92.0 g/mol. The Morgan fingerprint density at radius 2 is 2.00 bits per heavy atom. The van der Waals surface area contributed by atoms with Crippen LogP contribution in [-0.2, 0) is 0 Å². The molecule has 0 bridgehead atoms. The van der Waals surface area contributed by atoms with E-state index in [-0.39, 0.29) is 0 Å². The minimum Gasteiger partial charge on any atom is -0.381 e. The second-order valence-corrected chi connectivity index (χ2v) is 2.73. The molecule has 0 aliphatic carbocycles. The molecule has 0 amide bonds. The van der Waals surface area contributed by atoms with Crippen molar-refractivity contribution in [1.29, 1.82) is 0 Å². The molecule has 0 aliphatic rings. The van der Waals surface area contributed by atoms with Crippen LogP contribution in [0.2, 0.25) is 0 Å². The molecule has 0 fully saturated rings. The van der Waals surface area contributed by atoms with Gasteiger partial charge in [-0.25, -0.2) is 0 Å². The normalized spacial score (nSPS) is 15.5. The molecule has 0 saturated carbocycles. The van der Waals surface area contributed by atoms with Gasteiger partial charge in [-0.15, -0.1) is 0 Å². The van der Waals surface area contributed by atoms with Crippen LogP contribution < -0.4 is 0 Å². The van der Waals surface area contributed by atoms with Crippen LogP contribution in [0.3, 0.4) is 0 Å². The molecule has 1 N–H and O–H groups in total. The lowest BCUT2D eigenvalue weighted by Gasteiger charge is -1.81. The van der Waals surface area contributed by atoms with Crippen molar-refractivity contribution in [2.24, 2.45) is 0 Å². The first-order chi connectivity index (χ1) is 1.73. The van der Waals surface area contributed by atoms with Crippen molar-refractivity contribution in [2.45, 2.75) is 0 Å². The summed E-state index contributed by atoms with van der Waals surface area (Å²) >= 11 is 0. The topological polar surface area (TPSA) is 20.2 Å². The summed E-state index contributed by atoms with van der Waals surface area (Å²) in [6, 6.07) is 0. The molecule has 0 aromatic heterocycles. The third-order valence-electron chi connectivity index (χ3n) is 0. The Morgan fingerprint density at radius 1 is 2.00 bits per heavy atom. The Morgan fingerprint density at radius 3 is 2.00 bits per heavy atom. The molecule has 2 radical (unpaired) electrons. The van der Waals surface area contributed by atoms with Crippen LogP contribution in [0.15, 0.2) is 0 Å². The third-order valence-corrected chi connectivity index (χ3v) is 0. The summed E-state index contributed by atoms with van der Waals surface area (Å²) in [7, 11) is 5.55. The molecule has 1 nitrogen and oxygen atoms in total. The van der Waals surface area contributed by atoms with E-state index in [0.717, 1.165) is 0 Å². The summed E-state index contributed by atoms with van der Waals surface area (Å²) in [5, 5.41) is 0. The molecule has 4 heavy (non-hydrogen) atoms. The number of hydrogen-bond acceptors (Lipinski definition) is 1. The predicted octanol–water partition coefficient (Wildman–Crippen LogP) is 0.249. The van der Waals surface area contributed by atoms with Crippen LogP contribution in [0, 0.1) is 0 Å². The van der Waals surface area contributed by atoms with Crippen molar-refractivity contribution in [1.82, 2.24) is 0 Å². The number of hydrogen-bond donors (Lipinski definition) is 1. The van der Waals surface area contributed by atoms with E-state index in [4.69, 9.17) is 12.5 Å². The van der Waals surface area contributed by atoms with Crippen molar-refractivity contribution < 1.29 is 4.89 Å². The molecule has 0 spiro atoms. The van der Waals surface area contributed by atoms with Gasteiger partial charge in [-0.05, 0) is 7.72 Å². The molecule has 0 rings (SSSR count). The van der Waals surface area contributed by atoms with Gasteiger partial charge in [-0.3, -0.25) is 0 Å². The van der Waals surface area contributed by atoms with Crippen molar-refractivity contribution >= 4 is 24.2 Å². The predicted molar refractivity (Wildman–Crippen MR) is 24.6 cm³/mol. The minimum atomic E-state index is -1.20. The Balaban J connectivity index is 2.32. The largest absolute Gasteiger partial charge is 0.381 e. The van der Waals surface area contributed by atoms with Crippen molar-refractivity contribution in [2.75, 3.05) is 0 Å². The van der Waals surface area contributed by atoms with E-state index in [9.17, 15) is 0 Å². The lowest BCUT2D eigenvalue weighted by atomic mass is 10.8. The van der Waals surface area contributed by atoms with Gasteiger partial charge in [0.15, 0.2) is 7.57 Å². The van der Waals surface area contributed by atoms with Crippen molar-refractivity contribution in [3.63, 3.8) is 0 Å². The van der Waals surface area contributed by atoms with Gasteiger partial charge in [0.1, 0.15) is 0 Å². The van der Waals surface area contributed by atoms with Gasteiger partial charge in [0, 0.05) is 0 Å². The van der Waals surface area contributed by atoms with Gasteiger partial charge in [0.05, 0.1) is 0 Å². The maximum atomic E-state index is 7.86. The molecule has 2 atom stereocenters. The fraction of sp³-hybridized carbons (Fsp3) is 0. The second kappa shape index (κ2) is 2.14. The van der Waals surface area contributed by atoms with Gasteiger partial charge in [-0.1, -0.05) is 8.93 Å². The van der Waals surface area contributed by atoms with Crippen molar-refractivity contribution in [3.8, 4) is 0 Å². The molecule has 4 heteroatoms. The Kier molecular flexibility index (Phi) is 2.62. The lowest BCUT2D eigenvalue weighted by molar-refractivity contribution is 0.655. The quantitative estimate of drug-likeness (QED) is 0.335. The highest BCUT2D eigenvalue weighted by Gasteiger charge is 1.69. The molecule has 0 aromatic carbocycles. The van der Waals surface area contributed by atoms with E-state index in [1.165, 1.54) is 0 Å². The smallest absolute Gasteiger partial charge is 0.153 e.